The van der Waals surface area contributed by atoms with E-state index in [9.17, 15) is 8.42 Å². The highest BCUT2D eigenvalue weighted by molar-refractivity contribution is 7.89. The first-order valence-electron chi connectivity index (χ1n) is 7.44. The summed E-state index contributed by atoms with van der Waals surface area (Å²) in [5, 5.41) is 0.0480. The molecule has 1 aliphatic rings. The quantitative estimate of drug-likeness (QED) is 0.852. The maximum Gasteiger partial charge on any atom is 0.242 e. The lowest BCUT2D eigenvalue weighted by Gasteiger charge is -2.24. The van der Waals surface area contributed by atoms with Crippen molar-refractivity contribution >= 4 is 33.2 Å². The summed E-state index contributed by atoms with van der Waals surface area (Å²) in [5.74, 6) is 1.58. The van der Waals surface area contributed by atoms with E-state index in [1.165, 1.54) is 19.2 Å². The van der Waals surface area contributed by atoms with Gasteiger partial charge in [0.15, 0.2) is 0 Å². The summed E-state index contributed by atoms with van der Waals surface area (Å²) >= 11 is 12.1. The Morgan fingerprint density at radius 3 is 2.92 bits per heavy atom. The van der Waals surface area contributed by atoms with Gasteiger partial charge in [0, 0.05) is 31.9 Å². The molecule has 6 nitrogen and oxygen atoms in total. The average molecular weight is 390 g/mol. The molecule has 2 heterocycles. The van der Waals surface area contributed by atoms with E-state index in [4.69, 9.17) is 27.9 Å². The van der Waals surface area contributed by atoms with Crippen LogP contribution in [-0.4, -0.2) is 31.6 Å². The molecule has 0 radical (unpaired) electrons. The highest BCUT2D eigenvalue weighted by Gasteiger charge is 2.25. The van der Waals surface area contributed by atoms with Gasteiger partial charge >= 0.3 is 0 Å². The second-order valence-corrected chi connectivity index (χ2v) is 8.14. The summed E-state index contributed by atoms with van der Waals surface area (Å²) in [6.07, 6.45) is 5.41. The third kappa shape index (κ3) is 3.39. The third-order valence-corrected chi connectivity index (χ3v) is 6.56. The summed E-state index contributed by atoms with van der Waals surface area (Å²) < 4.78 is 34.8. The van der Waals surface area contributed by atoms with E-state index in [0.29, 0.717) is 12.3 Å². The van der Waals surface area contributed by atoms with Crippen molar-refractivity contribution in [3.8, 4) is 5.75 Å². The van der Waals surface area contributed by atoms with Gasteiger partial charge in [-0.25, -0.2) is 18.1 Å². The van der Waals surface area contributed by atoms with Crippen molar-refractivity contribution in [1.29, 1.82) is 0 Å². The number of methoxy groups -OCH3 is 1. The second-order valence-electron chi connectivity index (χ2n) is 5.65. The van der Waals surface area contributed by atoms with Crippen molar-refractivity contribution in [2.45, 2.75) is 24.3 Å². The number of nitrogens with zero attached hydrogens (tertiary/aromatic N) is 2. The number of sulfonamides is 1. The summed E-state index contributed by atoms with van der Waals surface area (Å²) in [7, 11) is -2.31. The van der Waals surface area contributed by atoms with Gasteiger partial charge in [-0.2, -0.15) is 0 Å². The van der Waals surface area contributed by atoms with Crippen LogP contribution in [0.25, 0.3) is 0 Å². The summed E-state index contributed by atoms with van der Waals surface area (Å²) in [6, 6.07) is 2.88. The molecule has 1 N–H and O–H groups in total. The average Bonchev–Trinajstić information content (AvgIpc) is 3.03. The Balaban J connectivity index is 1.72. The molecular formula is C15H17Cl2N3O3S. The molecule has 0 amide bonds. The number of ether oxygens (including phenoxy) is 1. The zero-order valence-corrected chi connectivity index (χ0v) is 15.3. The number of hydrogen-bond donors (Lipinski definition) is 1. The van der Waals surface area contributed by atoms with Gasteiger partial charge in [-0.1, -0.05) is 23.2 Å². The molecule has 0 saturated heterocycles. The maximum atomic E-state index is 12.5. The molecule has 0 unspecified atom stereocenters. The smallest absolute Gasteiger partial charge is 0.242 e. The standard InChI is InChI=1S/C15H17Cl2N3O3S/c1-23-11-3-4-12(15(17)14(11)16)24(21,22)19-8-10-2-5-13-18-6-7-20(13)9-10/h3-4,6-7,10,19H,2,5,8-9H2,1H3/t10-/m1/s1. The topological polar surface area (TPSA) is 73.2 Å². The molecule has 0 aliphatic carbocycles. The molecule has 1 aromatic heterocycles. The van der Waals surface area contributed by atoms with Crippen LogP contribution < -0.4 is 9.46 Å². The Morgan fingerprint density at radius 1 is 1.38 bits per heavy atom. The van der Waals surface area contributed by atoms with E-state index in [2.05, 4.69) is 14.3 Å². The summed E-state index contributed by atoms with van der Waals surface area (Å²) in [5.41, 5.74) is 0. The van der Waals surface area contributed by atoms with Crippen LogP contribution in [0.2, 0.25) is 10.0 Å². The number of aryl methyl sites for hydroxylation is 1. The molecule has 130 valence electrons. The van der Waals surface area contributed by atoms with Crippen molar-refractivity contribution in [2.24, 2.45) is 5.92 Å². The van der Waals surface area contributed by atoms with Gasteiger partial charge in [0.25, 0.3) is 0 Å². The number of benzene rings is 1. The molecule has 24 heavy (non-hydrogen) atoms. The highest BCUT2D eigenvalue weighted by Crippen LogP contribution is 2.36. The zero-order valence-electron chi connectivity index (χ0n) is 13.0. The largest absolute Gasteiger partial charge is 0.495 e. The summed E-state index contributed by atoms with van der Waals surface area (Å²) in [6.45, 7) is 1.08. The second kappa shape index (κ2) is 6.92. The predicted octanol–water partition coefficient (Wildman–Crippen LogP) is 2.74. The number of fused-ring (bicyclic) bond motifs is 1. The SMILES string of the molecule is COc1ccc(S(=O)(=O)NC[C@H]2CCc3nccn3C2)c(Cl)c1Cl. The van der Waals surface area contributed by atoms with Gasteiger partial charge in [-0.15, -0.1) is 0 Å². The van der Waals surface area contributed by atoms with Crippen LogP contribution in [0.3, 0.4) is 0 Å². The van der Waals surface area contributed by atoms with Crippen molar-refractivity contribution in [2.75, 3.05) is 13.7 Å². The Hall–Kier alpha value is -1.28. The van der Waals surface area contributed by atoms with Crippen LogP contribution in [0.15, 0.2) is 29.4 Å². The Bertz CT molecular complexity index is 852. The Kier molecular flexibility index (Phi) is 5.05. The van der Waals surface area contributed by atoms with Gasteiger partial charge in [-0.3, -0.25) is 0 Å². The fourth-order valence-electron chi connectivity index (χ4n) is 2.79. The van der Waals surface area contributed by atoms with Crippen molar-refractivity contribution in [1.82, 2.24) is 14.3 Å². The molecule has 1 atom stereocenters. The first kappa shape index (κ1) is 17.5. The molecule has 3 rings (SSSR count). The molecule has 0 bridgehead atoms. The minimum Gasteiger partial charge on any atom is -0.495 e. The van der Waals surface area contributed by atoms with Gasteiger partial charge < -0.3 is 9.30 Å². The first-order valence-corrected chi connectivity index (χ1v) is 9.68. The van der Waals surface area contributed by atoms with Crippen molar-refractivity contribution in [3.05, 3.63) is 40.4 Å². The highest BCUT2D eigenvalue weighted by atomic mass is 35.5. The lowest BCUT2D eigenvalue weighted by molar-refractivity contribution is 0.363. The predicted molar refractivity (Wildman–Crippen MR) is 92.2 cm³/mol. The van der Waals surface area contributed by atoms with E-state index in [1.54, 1.807) is 6.20 Å². The molecule has 1 aliphatic heterocycles. The van der Waals surface area contributed by atoms with Crippen LogP contribution in [-0.2, 0) is 23.0 Å². The number of imidazole rings is 1. The molecule has 9 heteroatoms. The maximum absolute atomic E-state index is 12.5. The van der Waals surface area contributed by atoms with Crippen LogP contribution in [0, 0.1) is 5.92 Å². The molecule has 0 fully saturated rings. The van der Waals surface area contributed by atoms with Gasteiger partial charge in [0.2, 0.25) is 10.0 Å². The monoisotopic (exact) mass is 389 g/mol. The molecule has 0 saturated carbocycles. The fourth-order valence-corrected chi connectivity index (χ4v) is 4.74. The number of rotatable bonds is 5. The van der Waals surface area contributed by atoms with E-state index < -0.39 is 10.0 Å². The number of hydrogen-bond acceptors (Lipinski definition) is 4. The van der Waals surface area contributed by atoms with E-state index in [1.807, 2.05) is 6.20 Å². The van der Waals surface area contributed by atoms with Crippen LogP contribution in [0.5, 0.6) is 5.75 Å². The number of halogens is 2. The lowest BCUT2D eigenvalue weighted by atomic mass is 10.00. The number of aromatic nitrogens is 2. The normalized spacial score (nSPS) is 17.5. The van der Waals surface area contributed by atoms with E-state index >= 15 is 0 Å². The lowest BCUT2D eigenvalue weighted by Crippen LogP contribution is -2.33. The molecule has 1 aromatic carbocycles. The van der Waals surface area contributed by atoms with E-state index in [-0.39, 0.29) is 20.9 Å². The Labute approximate surface area is 150 Å². The van der Waals surface area contributed by atoms with Crippen LogP contribution in [0.1, 0.15) is 12.2 Å². The van der Waals surface area contributed by atoms with Crippen LogP contribution >= 0.6 is 23.2 Å². The van der Waals surface area contributed by atoms with E-state index in [0.717, 1.165) is 25.2 Å². The Morgan fingerprint density at radius 2 is 2.17 bits per heavy atom. The van der Waals surface area contributed by atoms with Crippen molar-refractivity contribution in [3.63, 3.8) is 0 Å². The van der Waals surface area contributed by atoms with Gasteiger partial charge in [-0.05, 0) is 24.5 Å². The fraction of sp³-hybridized carbons (Fsp3) is 0.400. The van der Waals surface area contributed by atoms with Gasteiger partial charge in [0.1, 0.15) is 21.5 Å². The minimum atomic E-state index is -3.75. The summed E-state index contributed by atoms with van der Waals surface area (Å²) in [4.78, 5) is 4.22. The first-order chi connectivity index (χ1) is 11.4. The molecular weight excluding hydrogens is 373 g/mol. The minimum absolute atomic E-state index is 0.0379. The molecule has 2 aromatic rings. The van der Waals surface area contributed by atoms with Crippen LogP contribution in [0.4, 0.5) is 0 Å². The number of nitrogens with one attached hydrogen (secondary N) is 1. The third-order valence-electron chi connectivity index (χ3n) is 4.12. The zero-order chi connectivity index (χ0) is 17.3. The van der Waals surface area contributed by atoms with Crippen molar-refractivity contribution < 1.29 is 13.2 Å². The van der Waals surface area contributed by atoms with Gasteiger partial charge in [0.05, 0.1) is 12.1 Å². The molecule has 0 spiro atoms.